The number of imidazole rings is 1. The number of aryl methyl sites for hydroxylation is 1. The molecule has 1 aliphatic heterocycles. The molecule has 120 valence electrons. The van der Waals surface area contributed by atoms with Gasteiger partial charge in [-0.25, -0.2) is 4.98 Å². The van der Waals surface area contributed by atoms with Gasteiger partial charge in [-0.3, -0.25) is 9.59 Å². The second kappa shape index (κ2) is 7.09. The van der Waals surface area contributed by atoms with Crippen LogP contribution in [-0.2, 0) is 16.1 Å². The van der Waals surface area contributed by atoms with Crippen molar-refractivity contribution in [2.45, 2.75) is 19.4 Å². The van der Waals surface area contributed by atoms with Crippen LogP contribution in [0.1, 0.15) is 12.8 Å². The zero-order valence-electron chi connectivity index (χ0n) is 12.9. The molecule has 0 saturated carbocycles. The predicted molar refractivity (Wildman–Crippen MR) is 86.8 cm³/mol. The molecule has 6 heteroatoms. The highest BCUT2D eigenvalue weighted by Gasteiger charge is 2.34. The smallest absolute Gasteiger partial charge is 0.227 e. The number of hydrogen-bond donors (Lipinski definition) is 1. The van der Waals surface area contributed by atoms with Crippen LogP contribution in [-0.4, -0.2) is 34.5 Å². The van der Waals surface area contributed by atoms with Gasteiger partial charge in [0.2, 0.25) is 11.8 Å². The van der Waals surface area contributed by atoms with Gasteiger partial charge in [-0.15, -0.1) is 0 Å². The van der Waals surface area contributed by atoms with E-state index in [-0.39, 0.29) is 24.2 Å². The van der Waals surface area contributed by atoms with Crippen LogP contribution in [0.2, 0.25) is 0 Å². The molecule has 1 atom stereocenters. The highest BCUT2D eigenvalue weighted by atomic mass is 16.2. The number of para-hydroxylation sites is 1. The van der Waals surface area contributed by atoms with E-state index in [9.17, 15) is 9.59 Å². The summed E-state index contributed by atoms with van der Waals surface area (Å²) in [6.45, 7) is 1.88. The Balaban J connectivity index is 1.46. The average Bonchev–Trinajstić information content (AvgIpc) is 3.22. The summed E-state index contributed by atoms with van der Waals surface area (Å²) in [6.07, 6.45) is 6.51. The first-order valence-electron chi connectivity index (χ1n) is 7.83. The largest absolute Gasteiger partial charge is 0.356 e. The van der Waals surface area contributed by atoms with Crippen LogP contribution in [0.5, 0.6) is 0 Å². The molecule has 1 N–H and O–H groups in total. The van der Waals surface area contributed by atoms with Gasteiger partial charge >= 0.3 is 0 Å². The Morgan fingerprint density at radius 2 is 2.13 bits per heavy atom. The maximum atomic E-state index is 12.2. The molecule has 6 nitrogen and oxygen atoms in total. The summed E-state index contributed by atoms with van der Waals surface area (Å²) in [5, 5.41) is 2.93. The van der Waals surface area contributed by atoms with Crippen molar-refractivity contribution in [3.8, 4) is 0 Å². The van der Waals surface area contributed by atoms with Crippen LogP contribution in [0.15, 0.2) is 49.1 Å². The van der Waals surface area contributed by atoms with Crippen molar-refractivity contribution in [3.63, 3.8) is 0 Å². The summed E-state index contributed by atoms with van der Waals surface area (Å²) in [6, 6.07) is 9.49. The van der Waals surface area contributed by atoms with E-state index in [0.717, 1.165) is 18.7 Å². The number of aromatic nitrogens is 2. The minimum Gasteiger partial charge on any atom is -0.356 e. The molecule has 2 heterocycles. The van der Waals surface area contributed by atoms with Gasteiger partial charge in [0.1, 0.15) is 0 Å². The van der Waals surface area contributed by atoms with Crippen molar-refractivity contribution < 1.29 is 9.59 Å². The van der Waals surface area contributed by atoms with Crippen LogP contribution < -0.4 is 10.2 Å². The standard InChI is InChI=1S/C17H20N4O2/c22-16-11-14(12-21(16)15-5-2-1-3-6-15)17(23)19-7-4-9-20-10-8-18-13-20/h1-3,5-6,8,10,13-14H,4,7,9,11-12H2,(H,19,23). The number of carbonyl (C=O) groups excluding carboxylic acids is 2. The number of anilines is 1. The molecular formula is C17H20N4O2. The fourth-order valence-corrected chi connectivity index (χ4v) is 2.78. The zero-order chi connectivity index (χ0) is 16.1. The number of rotatable bonds is 6. The molecule has 0 radical (unpaired) electrons. The SMILES string of the molecule is O=C(NCCCn1ccnc1)C1CC(=O)N(c2ccccc2)C1. The molecule has 1 aliphatic rings. The van der Waals surface area contributed by atoms with E-state index < -0.39 is 0 Å². The highest BCUT2D eigenvalue weighted by molar-refractivity contribution is 6.00. The van der Waals surface area contributed by atoms with Gasteiger partial charge < -0.3 is 14.8 Å². The van der Waals surface area contributed by atoms with E-state index >= 15 is 0 Å². The molecule has 1 aromatic carbocycles. The Hall–Kier alpha value is -2.63. The lowest BCUT2D eigenvalue weighted by Crippen LogP contribution is -2.33. The number of carbonyl (C=O) groups is 2. The molecule has 0 aliphatic carbocycles. The summed E-state index contributed by atoms with van der Waals surface area (Å²) in [4.78, 5) is 30.0. The first-order chi connectivity index (χ1) is 11.2. The Morgan fingerprint density at radius 1 is 1.30 bits per heavy atom. The van der Waals surface area contributed by atoms with Crippen molar-refractivity contribution in [1.82, 2.24) is 14.9 Å². The average molecular weight is 312 g/mol. The third-order valence-electron chi connectivity index (χ3n) is 4.02. The summed E-state index contributed by atoms with van der Waals surface area (Å²) in [5.41, 5.74) is 0.855. The predicted octanol–water partition coefficient (Wildman–Crippen LogP) is 1.44. The van der Waals surface area contributed by atoms with E-state index in [1.165, 1.54) is 0 Å². The molecule has 0 bridgehead atoms. The lowest BCUT2D eigenvalue weighted by molar-refractivity contribution is -0.126. The van der Waals surface area contributed by atoms with Gasteiger partial charge in [-0.1, -0.05) is 18.2 Å². The number of benzene rings is 1. The topological polar surface area (TPSA) is 67.2 Å². The van der Waals surface area contributed by atoms with E-state index in [0.29, 0.717) is 13.1 Å². The number of hydrogen-bond acceptors (Lipinski definition) is 3. The monoisotopic (exact) mass is 312 g/mol. The Bertz CT molecular complexity index is 654. The second-order valence-corrected chi connectivity index (χ2v) is 5.69. The molecule has 1 saturated heterocycles. The molecule has 1 unspecified atom stereocenters. The number of amides is 2. The second-order valence-electron chi connectivity index (χ2n) is 5.69. The van der Waals surface area contributed by atoms with E-state index in [4.69, 9.17) is 0 Å². The molecule has 23 heavy (non-hydrogen) atoms. The van der Waals surface area contributed by atoms with Gasteiger partial charge in [0.25, 0.3) is 0 Å². The van der Waals surface area contributed by atoms with Gasteiger partial charge in [-0.2, -0.15) is 0 Å². The third-order valence-corrected chi connectivity index (χ3v) is 4.02. The third kappa shape index (κ3) is 3.77. The van der Waals surface area contributed by atoms with Crippen molar-refractivity contribution in [2.75, 3.05) is 18.0 Å². The molecule has 0 spiro atoms. The minimum absolute atomic E-state index is 0.00904. The normalized spacial score (nSPS) is 17.5. The Labute approximate surface area is 135 Å². The summed E-state index contributed by atoms with van der Waals surface area (Å²) in [7, 11) is 0. The van der Waals surface area contributed by atoms with Crippen LogP contribution in [0.4, 0.5) is 5.69 Å². The minimum atomic E-state index is -0.268. The van der Waals surface area contributed by atoms with Gasteiger partial charge in [0.15, 0.2) is 0 Å². The van der Waals surface area contributed by atoms with Crippen molar-refractivity contribution in [3.05, 3.63) is 49.1 Å². The van der Waals surface area contributed by atoms with Crippen LogP contribution in [0, 0.1) is 5.92 Å². The maximum Gasteiger partial charge on any atom is 0.227 e. The quantitative estimate of drug-likeness (QED) is 0.821. The fraction of sp³-hybridized carbons (Fsp3) is 0.353. The first-order valence-corrected chi connectivity index (χ1v) is 7.83. The van der Waals surface area contributed by atoms with E-state index in [2.05, 4.69) is 10.3 Å². The maximum absolute atomic E-state index is 12.2. The van der Waals surface area contributed by atoms with Crippen molar-refractivity contribution in [2.24, 2.45) is 5.92 Å². The van der Waals surface area contributed by atoms with Crippen molar-refractivity contribution in [1.29, 1.82) is 0 Å². The highest BCUT2D eigenvalue weighted by Crippen LogP contribution is 2.24. The lowest BCUT2D eigenvalue weighted by Gasteiger charge is -2.16. The van der Waals surface area contributed by atoms with Crippen LogP contribution >= 0.6 is 0 Å². The fourth-order valence-electron chi connectivity index (χ4n) is 2.78. The van der Waals surface area contributed by atoms with Gasteiger partial charge in [0, 0.05) is 44.1 Å². The Kier molecular flexibility index (Phi) is 4.71. The van der Waals surface area contributed by atoms with E-state index in [1.807, 2.05) is 41.1 Å². The van der Waals surface area contributed by atoms with Gasteiger partial charge in [0.05, 0.1) is 12.2 Å². The first kappa shape index (κ1) is 15.3. The summed E-state index contributed by atoms with van der Waals surface area (Å²) in [5.74, 6) is -0.298. The summed E-state index contributed by atoms with van der Waals surface area (Å²) >= 11 is 0. The summed E-state index contributed by atoms with van der Waals surface area (Å²) < 4.78 is 1.97. The molecular weight excluding hydrogens is 292 g/mol. The molecule has 2 amide bonds. The molecule has 2 aromatic rings. The Morgan fingerprint density at radius 3 is 2.87 bits per heavy atom. The van der Waals surface area contributed by atoms with E-state index in [1.54, 1.807) is 17.4 Å². The van der Waals surface area contributed by atoms with Crippen LogP contribution in [0.3, 0.4) is 0 Å². The lowest BCUT2D eigenvalue weighted by atomic mass is 10.1. The zero-order valence-corrected chi connectivity index (χ0v) is 12.9. The molecule has 1 fully saturated rings. The molecule has 1 aromatic heterocycles. The molecule has 3 rings (SSSR count). The number of nitrogens with zero attached hydrogens (tertiary/aromatic N) is 3. The van der Waals surface area contributed by atoms with Gasteiger partial charge in [-0.05, 0) is 18.6 Å². The number of nitrogens with one attached hydrogen (secondary N) is 1. The van der Waals surface area contributed by atoms with Crippen LogP contribution in [0.25, 0.3) is 0 Å². The van der Waals surface area contributed by atoms with Crippen molar-refractivity contribution >= 4 is 17.5 Å².